The number of aldehydes is 1. The molecule has 0 aliphatic rings. The summed E-state index contributed by atoms with van der Waals surface area (Å²) < 4.78 is 17.9. The molecule has 0 saturated carbocycles. The fourth-order valence-electron chi connectivity index (χ4n) is 0.971. The number of hydrogen-bond donors (Lipinski definition) is 0. The lowest BCUT2D eigenvalue weighted by Gasteiger charge is -2.03. The number of methoxy groups -OCH3 is 1. The van der Waals surface area contributed by atoms with E-state index in [0.29, 0.717) is 11.8 Å². The molecule has 1 aromatic carbocycles. The zero-order valence-corrected chi connectivity index (χ0v) is 8.22. The minimum atomic E-state index is -0.512. The molecule has 0 spiro atoms. The van der Waals surface area contributed by atoms with Crippen molar-refractivity contribution >= 4 is 22.9 Å². The molecule has 0 atom stereocenters. The summed E-state index contributed by atoms with van der Waals surface area (Å²) in [5.41, 5.74) is 0.442. The lowest BCUT2D eigenvalue weighted by molar-refractivity contribution is -0.104. The number of carbonyl (C=O) groups excluding carboxylic acids is 1. The van der Waals surface area contributed by atoms with Crippen molar-refractivity contribution in [3.63, 3.8) is 0 Å². The third-order valence-corrected chi connectivity index (χ3v) is 1.99. The first kappa shape index (κ1) is 10.7. The molecule has 0 aromatic heterocycles. The van der Waals surface area contributed by atoms with Crippen LogP contribution in [0.3, 0.4) is 0 Å². The normalized spacial score (nSPS) is 11.2. The van der Waals surface area contributed by atoms with Crippen LogP contribution in [-0.2, 0) is 4.79 Å². The van der Waals surface area contributed by atoms with E-state index in [1.807, 2.05) is 0 Å². The Labute approximate surface area is 85.9 Å². The Bertz CT molecular complexity index is 374. The zero-order chi connectivity index (χ0) is 10.6. The molecule has 0 aliphatic heterocycles. The van der Waals surface area contributed by atoms with E-state index in [0.717, 1.165) is 6.08 Å². The van der Waals surface area contributed by atoms with Crippen molar-refractivity contribution in [1.82, 2.24) is 0 Å². The van der Waals surface area contributed by atoms with Gasteiger partial charge in [0.25, 0.3) is 0 Å². The highest BCUT2D eigenvalue weighted by Crippen LogP contribution is 2.24. The monoisotopic (exact) mass is 214 g/mol. The third-order valence-electron chi connectivity index (χ3n) is 1.64. The molecule has 0 bridgehead atoms. The van der Waals surface area contributed by atoms with Crippen molar-refractivity contribution in [3.05, 3.63) is 35.7 Å². The maximum Gasteiger partial charge on any atom is 0.165 e. The topological polar surface area (TPSA) is 26.3 Å². The predicted octanol–water partition coefficient (Wildman–Crippen LogP) is 2.61. The van der Waals surface area contributed by atoms with Gasteiger partial charge in [-0.2, -0.15) is 0 Å². The minimum Gasteiger partial charge on any atom is -0.494 e. The van der Waals surface area contributed by atoms with Crippen LogP contribution >= 0.6 is 11.6 Å². The summed E-state index contributed by atoms with van der Waals surface area (Å²) in [5.74, 6) is -0.369. The Hall–Kier alpha value is -1.35. The van der Waals surface area contributed by atoms with Gasteiger partial charge in [0.1, 0.15) is 6.29 Å². The van der Waals surface area contributed by atoms with Crippen molar-refractivity contribution in [1.29, 1.82) is 0 Å². The molecule has 0 N–H and O–H groups in total. The predicted molar refractivity (Wildman–Crippen MR) is 52.8 cm³/mol. The lowest BCUT2D eigenvalue weighted by atomic mass is 10.2. The summed E-state index contributed by atoms with van der Waals surface area (Å²) in [6.45, 7) is 0. The fraction of sp³-hybridized carbons (Fsp3) is 0.100. The first-order chi connectivity index (χ1) is 6.69. The fourth-order valence-corrected chi connectivity index (χ4v) is 1.14. The summed E-state index contributed by atoms with van der Waals surface area (Å²) >= 11 is 5.70. The van der Waals surface area contributed by atoms with E-state index in [4.69, 9.17) is 16.3 Å². The average Bonchev–Trinajstić information content (AvgIpc) is 2.18. The van der Waals surface area contributed by atoms with E-state index in [2.05, 4.69) is 0 Å². The molecule has 0 heterocycles. The number of benzene rings is 1. The molecular weight excluding hydrogens is 207 g/mol. The smallest absolute Gasteiger partial charge is 0.165 e. The van der Waals surface area contributed by atoms with Gasteiger partial charge in [0, 0.05) is 0 Å². The van der Waals surface area contributed by atoms with Gasteiger partial charge in [-0.05, 0) is 29.8 Å². The number of allylic oxidation sites excluding steroid dienone is 1. The molecule has 1 rings (SSSR count). The standard InChI is InChI=1S/C10H8ClFO2/c1-14-10-3-2-7(6-9(10)12)8(11)4-5-13/h2-6H,1H3/b8-4-. The molecule has 0 radical (unpaired) electrons. The second-order valence-corrected chi connectivity index (χ2v) is 2.91. The largest absolute Gasteiger partial charge is 0.494 e. The number of hydrogen-bond acceptors (Lipinski definition) is 2. The van der Waals surface area contributed by atoms with Gasteiger partial charge in [-0.25, -0.2) is 4.39 Å². The van der Waals surface area contributed by atoms with Gasteiger partial charge in [0.05, 0.1) is 12.1 Å². The van der Waals surface area contributed by atoms with E-state index in [9.17, 15) is 9.18 Å². The van der Waals surface area contributed by atoms with E-state index >= 15 is 0 Å². The Morgan fingerprint density at radius 2 is 2.29 bits per heavy atom. The zero-order valence-electron chi connectivity index (χ0n) is 7.46. The van der Waals surface area contributed by atoms with Gasteiger partial charge in [0.2, 0.25) is 0 Å². The van der Waals surface area contributed by atoms with Gasteiger partial charge < -0.3 is 4.74 Å². The number of halogens is 2. The van der Waals surface area contributed by atoms with Crippen LogP contribution < -0.4 is 4.74 Å². The molecule has 0 saturated heterocycles. The maximum atomic E-state index is 13.2. The number of ether oxygens (including phenoxy) is 1. The molecule has 4 heteroatoms. The van der Waals surface area contributed by atoms with Crippen LogP contribution in [0.1, 0.15) is 5.56 Å². The van der Waals surface area contributed by atoms with Crippen LogP contribution in [-0.4, -0.2) is 13.4 Å². The Kier molecular flexibility index (Phi) is 3.65. The van der Waals surface area contributed by atoms with Crippen molar-refractivity contribution in [2.75, 3.05) is 7.11 Å². The van der Waals surface area contributed by atoms with Crippen LogP contribution in [0.5, 0.6) is 5.75 Å². The van der Waals surface area contributed by atoms with Crippen LogP contribution in [0.2, 0.25) is 0 Å². The van der Waals surface area contributed by atoms with Gasteiger partial charge in [-0.15, -0.1) is 0 Å². The Morgan fingerprint density at radius 1 is 1.57 bits per heavy atom. The molecule has 1 aromatic rings. The SMILES string of the molecule is COc1ccc(/C(Cl)=C/C=O)cc1F. The summed E-state index contributed by atoms with van der Waals surface area (Å²) in [6.07, 6.45) is 1.70. The minimum absolute atomic E-state index is 0.143. The molecule has 14 heavy (non-hydrogen) atoms. The van der Waals surface area contributed by atoms with Crippen molar-refractivity contribution < 1.29 is 13.9 Å². The van der Waals surface area contributed by atoms with Gasteiger partial charge in [0.15, 0.2) is 11.6 Å². The van der Waals surface area contributed by atoms with Crippen LogP contribution in [0, 0.1) is 5.82 Å². The number of rotatable bonds is 3. The van der Waals surface area contributed by atoms with E-state index in [1.165, 1.54) is 19.2 Å². The van der Waals surface area contributed by atoms with Crippen molar-refractivity contribution in [2.45, 2.75) is 0 Å². The summed E-state index contributed by atoms with van der Waals surface area (Å²) in [4.78, 5) is 10.1. The highest BCUT2D eigenvalue weighted by Gasteiger charge is 2.05. The molecule has 2 nitrogen and oxygen atoms in total. The first-order valence-corrected chi connectivity index (χ1v) is 4.21. The molecule has 0 amide bonds. The van der Waals surface area contributed by atoms with Crippen molar-refractivity contribution in [3.8, 4) is 5.75 Å². The highest BCUT2D eigenvalue weighted by atomic mass is 35.5. The first-order valence-electron chi connectivity index (χ1n) is 3.84. The van der Waals surface area contributed by atoms with E-state index < -0.39 is 5.82 Å². The van der Waals surface area contributed by atoms with E-state index in [-0.39, 0.29) is 10.8 Å². The molecular formula is C10H8ClFO2. The summed E-state index contributed by atoms with van der Waals surface area (Å²) in [7, 11) is 1.38. The second kappa shape index (κ2) is 4.77. The summed E-state index contributed by atoms with van der Waals surface area (Å²) in [5, 5.41) is 0.196. The van der Waals surface area contributed by atoms with Crippen LogP contribution in [0.4, 0.5) is 4.39 Å². The van der Waals surface area contributed by atoms with Gasteiger partial charge in [-0.3, -0.25) is 4.79 Å². The lowest BCUT2D eigenvalue weighted by Crippen LogP contribution is -1.89. The van der Waals surface area contributed by atoms with Gasteiger partial charge >= 0.3 is 0 Å². The highest BCUT2D eigenvalue weighted by molar-refractivity contribution is 6.49. The average molecular weight is 215 g/mol. The molecule has 74 valence electrons. The molecule has 0 aliphatic carbocycles. The van der Waals surface area contributed by atoms with Crippen LogP contribution in [0.25, 0.3) is 5.03 Å². The Morgan fingerprint density at radius 3 is 2.79 bits per heavy atom. The van der Waals surface area contributed by atoms with E-state index in [1.54, 1.807) is 6.07 Å². The number of carbonyl (C=O) groups is 1. The third kappa shape index (κ3) is 2.33. The van der Waals surface area contributed by atoms with Gasteiger partial charge in [-0.1, -0.05) is 11.6 Å². The quantitative estimate of drug-likeness (QED) is 0.571. The maximum absolute atomic E-state index is 13.2. The second-order valence-electron chi connectivity index (χ2n) is 2.50. The summed E-state index contributed by atoms with van der Waals surface area (Å²) in [6, 6.07) is 4.23. The Balaban J connectivity index is 3.08. The van der Waals surface area contributed by atoms with Crippen molar-refractivity contribution in [2.24, 2.45) is 0 Å². The van der Waals surface area contributed by atoms with Crippen LogP contribution in [0.15, 0.2) is 24.3 Å². The molecule has 0 unspecified atom stereocenters. The molecule has 0 fully saturated rings.